The Morgan fingerprint density at radius 2 is 1.00 bits per heavy atom. The molecule has 0 saturated heterocycles. The monoisotopic (exact) mass is 590 g/mol. The molecule has 0 heterocycles. The van der Waals surface area contributed by atoms with Gasteiger partial charge in [0.05, 0.1) is 12.7 Å². The molecule has 0 aliphatic rings. The quantitative estimate of drug-likeness (QED) is 0.112. The van der Waals surface area contributed by atoms with E-state index in [4.69, 9.17) is 26.2 Å². The maximum atomic E-state index is 13.7. The van der Waals surface area contributed by atoms with Gasteiger partial charge in [-0.25, -0.2) is 4.57 Å². The molecule has 0 aromatic rings. The Kier molecular flexibility index (Phi) is 12.8. The second-order valence-electron chi connectivity index (χ2n) is 13.4. The Labute approximate surface area is 214 Å². The lowest BCUT2D eigenvalue weighted by Gasteiger charge is -2.40. The Balaban J connectivity index is 6.29. The van der Waals surface area contributed by atoms with Crippen molar-refractivity contribution < 1.29 is 35.6 Å². The molecule has 3 atom stereocenters. The zero-order valence-electron chi connectivity index (χ0n) is 24.2. The van der Waals surface area contributed by atoms with Crippen LogP contribution < -0.4 is 0 Å². The number of carbonyl (C=O) groups excluding carboxylic acids is 1. The highest BCUT2D eigenvalue weighted by atomic mass is 31.2. The van der Waals surface area contributed by atoms with E-state index in [1.54, 1.807) is 0 Å². The lowest BCUT2D eigenvalue weighted by molar-refractivity contribution is -0.123. The van der Waals surface area contributed by atoms with Crippen LogP contribution in [0.1, 0.15) is 0 Å². The molecule has 8 nitrogen and oxygen atoms in total. The van der Waals surface area contributed by atoms with Crippen LogP contribution in [0.25, 0.3) is 0 Å². The summed E-state index contributed by atoms with van der Waals surface area (Å²) < 4.78 is 50.7. The van der Waals surface area contributed by atoms with Crippen LogP contribution in [0, 0.1) is 0 Å². The topological polar surface area (TPSA) is 89.5 Å². The highest BCUT2D eigenvalue weighted by molar-refractivity contribution is 7.52. The summed E-state index contributed by atoms with van der Waals surface area (Å²) in [5.74, 6) is 0. The minimum absolute atomic E-state index is 0.0922. The molecule has 0 radical (unpaired) electrons. The molecule has 14 heteroatoms. The number of carbonyl (C=O) groups is 1. The summed E-state index contributed by atoms with van der Waals surface area (Å²) in [5.41, 5.74) is 0. The van der Waals surface area contributed by atoms with Gasteiger partial charge in [0.2, 0.25) is 0 Å². The van der Waals surface area contributed by atoms with Crippen molar-refractivity contribution >= 4 is 55.7 Å². The molecule has 0 spiro atoms. The number of phosphoric acid groups is 1. The van der Waals surface area contributed by atoms with Crippen LogP contribution >= 0.6 is 7.82 Å². The minimum atomic E-state index is -3.86. The standard InChI is InChI=1S/C20H51O8PSi5/c1-30(2,3)24-18(16-21)20(26-32(7,8)9)19(25-31(4,5)6)17-23-29(22,27-33(10,11)12)28-34(13,14)15/h16,18-20H,17H2,1-15H3. The summed E-state index contributed by atoms with van der Waals surface area (Å²) in [4.78, 5) is 12.2. The fourth-order valence-corrected chi connectivity index (χ4v) is 12.7. The molecule has 204 valence electrons. The Morgan fingerprint density at radius 1 is 0.618 bits per heavy atom. The van der Waals surface area contributed by atoms with E-state index >= 15 is 0 Å². The van der Waals surface area contributed by atoms with E-state index in [9.17, 15) is 9.36 Å². The van der Waals surface area contributed by atoms with E-state index < -0.39 is 67.7 Å². The zero-order valence-corrected chi connectivity index (χ0v) is 30.1. The fourth-order valence-electron chi connectivity index (χ4n) is 2.90. The highest BCUT2D eigenvalue weighted by Crippen LogP contribution is 2.54. The Morgan fingerprint density at radius 3 is 1.29 bits per heavy atom. The van der Waals surface area contributed by atoms with Crippen LogP contribution in [0.2, 0.25) is 98.2 Å². The minimum Gasteiger partial charge on any atom is -0.410 e. The van der Waals surface area contributed by atoms with Crippen LogP contribution in [0.5, 0.6) is 0 Å². The molecule has 0 fully saturated rings. The van der Waals surface area contributed by atoms with E-state index in [0.29, 0.717) is 0 Å². The summed E-state index contributed by atoms with van der Waals surface area (Å²) >= 11 is 0. The predicted molar refractivity (Wildman–Crippen MR) is 153 cm³/mol. The van der Waals surface area contributed by atoms with Gasteiger partial charge in [0, 0.05) is 0 Å². The molecule has 0 aliphatic carbocycles. The van der Waals surface area contributed by atoms with Gasteiger partial charge in [0.25, 0.3) is 0 Å². The summed E-state index contributed by atoms with van der Waals surface area (Å²) in [6, 6.07) is 0. The van der Waals surface area contributed by atoms with Crippen molar-refractivity contribution in [3.05, 3.63) is 0 Å². The van der Waals surface area contributed by atoms with Gasteiger partial charge in [-0.2, -0.15) is 0 Å². The van der Waals surface area contributed by atoms with E-state index in [0.717, 1.165) is 6.29 Å². The third-order valence-corrected chi connectivity index (χ3v) is 13.1. The van der Waals surface area contributed by atoms with E-state index in [1.165, 1.54) is 0 Å². The SMILES string of the molecule is C[Si](C)(C)OC(C=O)C(O[Si](C)(C)C)C(COP(=O)(O[Si](C)(C)C)O[Si](C)(C)C)O[Si](C)(C)C. The van der Waals surface area contributed by atoms with Crippen molar-refractivity contribution in [1.29, 1.82) is 0 Å². The van der Waals surface area contributed by atoms with Crippen LogP contribution in [-0.2, 0) is 35.6 Å². The Hall–Kier alpha value is 0.744. The average molecular weight is 591 g/mol. The summed E-state index contributed by atoms with van der Waals surface area (Å²) in [6.45, 7) is 29.9. The molecular weight excluding hydrogens is 540 g/mol. The van der Waals surface area contributed by atoms with Crippen LogP contribution in [0.4, 0.5) is 0 Å². The number of hydrogen-bond donors (Lipinski definition) is 0. The van der Waals surface area contributed by atoms with E-state index in [2.05, 4.69) is 39.3 Å². The molecule has 0 amide bonds. The van der Waals surface area contributed by atoms with Gasteiger partial charge < -0.3 is 26.5 Å². The third kappa shape index (κ3) is 17.2. The molecule has 0 aromatic heterocycles. The van der Waals surface area contributed by atoms with Gasteiger partial charge >= 0.3 is 7.82 Å². The number of rotatable bonds is 16. The maximum Gasteiger partial charge on any atom is 0.455 e. The first kappa shape index (κ1) is 34.7. The second kappa shape index (κ2) is 12.5. The summed E-state index contributed by atoms with van der Waals surface area (Å²) in [5, 5.41) is 0. The van der Waals surface area contributed by atoms with E-state index in [-0.39, 0.29) is 6.61 Å². The average Bonchev–Trinajstić information content (AvgIpc) is 2.48. The van der Waals surface area contributed by atoms with Gasteiger partial charge in [0.15, 0.2) is 41.6 Å². The fraction of sp³-hybridized carbons (Fsp3) is 0.950. The van der Waals surface area contributed by atoms with Crippen LogP contribution in [0.15, 0.2) is 0 Å². The van der Waals surface area contributed by atoms with Crippen molar-refractivity contribution in [3.63, 3.8) is 0 Å². The summed E-state index contributed by atoms with van der Waals surface area (Å²) in [6.07, 6.45) is -1.40. The van der Waals surface area contributed by atoms with Crippen molar-refractivity contribution in [2.24, 2.45) is 0 Å². The smallest absolute Gasteiger partial charge is 0.410 e. The first-order valence-corrected chi connectivity index (χ1v) is 30.4. The van der Waals surface area contributed by atoms with Gasteiger partial charge in [-0.1, -0.05) is 0 Å². The lowest BCUT2D eigenvalue weighted by atomic mass is 10.1. The molecule has 3 unspecified atom stereocenters. The maximum absolute atomic E-state index is 13.7. The van der Waals surface area contributed by atoms with Gasteiger partial charge in [-0.05, 0) is 98.2 Å². The normalized spacial score (nSPS) is 17.4. The van der Waals surface area contributed by atoms with Gasteiger partial charge in [0.1, 0.15) is 18.5 Å². The van der Waals surface area contributed by atoms with Crippen molar-refractivity contribution in [3.8, 4) is 0 Å². The Bertz CT molecular complexity index is 670. The third-order valence-electron chi connectivity index (χ3n) is 3.48. The first-order chi connectivity index (χ1) is 14.7. The lowest BCUT2D eigenvalue weighted by Crippen LogP contribution is -2.54. The molecule has 0 aromatic carbocycles. The number of hydrogen-bond acceptors (Lipinski definition) is 8. The molecule has 0 N–H and O–H groups in total. The first-order valence-electron chi connectivity index (χ1n) is 11.9. The summed E-state index contributed by atoms with van der Waals surface area (Å²) in [7, 11) is -14.7. The highest BCUT2D eigenvalue weighted by Gasteiger charge is 2.43. The predicted octanol–water partition coefficient (Wildman–Crippen LogP) is 6.67. The van der Waals surface area contributed by atoms with Crippen molar-refractivity contribution in [2.45, 2.75) is 117 Å². The molecule has 0 saturated carbocycles. The van der Waals surface area contributed by atoms with E-state index in [1.807, 2.05) is 58.9 Å². The van der Waals surface area contributed by atoms with Crippen molar-refractivity contribution in [1.82, 2.24) is 0 Å². The molecule has 34 heavy (non-hydrogen) atoms. The van der Waals surface area contributed by atoms with Gasteiger partial charge in [-0.15, -0.1) is 0 Å². The number of aldehydes is 1. The van der Waals surface area contributed by atoms with Gasteiger partial charge in [-0.3, -0.25) is 4.52 Å². The zero-order chi connectivity index (χ0) is 27.4. The molecule has 0 aliphatic heterocycles. The largest absolute Gasteiger partial charge is 0.455 e. The van der Waals surface area contributed by atoms with Crippen LogP contribution in [-0.4, -0.2) is 72.8 Å². The van der Waals surface area contributed by atoms with Crippen molar-refractivity contribution in [2.75, 3.05) is 6.61 Å². The second-order valence-corrected chi connectivity index (χ2v) is 37.9. The molecule has 0 rings (SSSR count). The van der Waals surface area contributed by atoms with Crippen LogP contribution in [0.3, 0.4) is 0 Å². The molecular formula is C20H51O8PSi5. The molecule has 0 bridgehead atoms.